The second-order valence-electron chi connectivity index (χ2n) is 19.7. The minimum atomic E-state index is 1.25. The van der Waals surface area contributed by atoms with Gasteiger partial charge in [0.1, 0.15) is 0 Å². The molecule has 0 spiro atoms. The molecule has 0 radical (unpaired) electrons. The molecule has 0 saturated carbocycles. The van der Waals surface area contributed by atoms with Gasteiger partial charge in [-0.2, -0.15) is 0 Å². The molecule has 2 aliphatic rings. The standard InChI is InChI=1S/C68H44/c1-37-31-38(2)34-43(33-37)59-47-21-13-14-22-48(47)60(44-35-39(3)32-40(4)36-44)68-56-30-26-52-50-24-28-54-63-53(27-23-49(61(50)63)51-25-29-55(67(59)68)64(56)62(51)52)65-57(41-15-7-5-8-16-41)45-19-11-12-20-46(45)58(66(54)65)42-17-9-6-10-18-42/h5-36H,1-4H3. The Morgan fingerprint density at radius 1 is 0.191 bits per heavy atom. The largest absolute Gasteiger partial charge is 0.0622 e. The maximum Gasteiger partial charge on any atom is -0.000740 e. The molecule has 2 aliphatic carbocycles. The average Bonchev–Trinajstić information content (AvgIpc) is 3.87. The van der Waals surface area contributed by atoms with E-state index in [-0.39, 0.29) is 0 Å². The van der Waals surface area contributed by atoms with Gasteiger partial charge in [0, 0.05) is 0 Å². The predicted molar refractivity (Wildman–Crippen MR) is 292 cm³/mol. The molecule has 0 heteroatoms. The summed E-state index contributed by atoms with van der Waals surface area (Å²) >= 11 is 0. The summed E-state index contributed by atoms with van der Waals surface area (Å²) in [6.07, 6.45) is 0. The van der Waals surface area contributed by atoms with Crippen molar-refractivity contribution in [2.75, 3.05) is 0 Å². The molecule has 0 N–H and O–H groups in total. The highest BCUT2D eigenvalue weighted by Gasteiger charge is 2.35. The van der Waals surface area contributed by atoms with Crippen molar-refractivity contribution in [3.63, 3.8) is 0 Å². The first kappa shape index (κ1) is 37.9. The van der Waals surface area contributed by atoms with Crippen LogP contribution in [0.4, 0.5) is 0 Å². The van der Waals surface area contributed by atoms with Crippen LogP contribution in [0.3, 0.4) is 0 Å². The van der Waals surface area contributed by atoms with Crippen molar-refractivity contribution in [2.45, 2.75) is 27.7 Å². The van der Waals surface area contributed by atoms with E-state index in [1.165, 1.54) is 176 Å². The van der Waals surface area contributed by atoms with Crippen molar-refractivity contribution in [3.8, 4) is 89.0 Å². The molecule has 68 heavy (non-hydrogen) atoms. The van der Waals surface area contributed by atoms with E-state index in [2.05, 4.69) is 222 Å². The van der Waals surface area contributed by atoms with E-state index in [0.717, 1.165) is 0 Å². The van der Waals surface area contributed by atoms with Crippen LogP contribution in [0.1, 0.15) is 22.3 Å². The highest BCUT2D eigenvalue weighted by molar-refractivity contribution is 6.42. The van der Waals surface area contributed by atoms with Gasteiger partial charge in [-0.15, -0.1) is 0 Å². The van der Waals surface area contributed by atoms with Gasteiger partial charge in [-0.3, -0.25) is 0 Å². The van der Waals surface area contributed by atoms with Crippen LogP contribution in [0, 0.1) is 27.7 Å². The van der Waals surface area contributed by atoms with Gasteiger partial charge < -0.3 is 0 Å². The van der Waals surface area contributed by atoms with E-state index in [0.29, 0.717) is 0 Å². The second kappa shape index (κ2) is 13.6. The Kier molecular flexibility index (Phi) is 7.59. The molecule has 0 unspecified atom stereocenters. The quantitative estimate of drug-likeness (QED) is 0.122. The van der Waals surface area contributed by atoms with Crippen LogP contribution in [0.25, 0.3) is 154 Å². The summed E-state index contributed by atoms with van der Waals surface area (Å²) in [6.45, 7) is 8.95. The molecular formula is C68H44. The summed E-state index contributed by atoms with van der Waals surface area (Å²) in [5.41, 5.74) is 26.2. The van der Waals surface area contributed by atoms with E-state index >= 15 is 0 Å². The van der Waals surface area contributed by atoms with Gasteiger partial charge in [-0.25, -0.2) is 0 Å². The van der Waals surface area contributed by atoms with Crippen molar-refractivity contribution >= 4 is 64.6 Å². The Labute approximate surface area is 395 Å². The van der Waals surface area contributed by atoms with Gasteiger partial charge in [0.05, 0.1) is 0 Å². The molecule has 0 heterocycles. The van der Waals surface area contributed by atoms with Crippen LogP contribution in [-0.4, -0.2) is 0 Å². The third-order valence-electron chi connectivity index (χ3n) is 15.6. The Balaban J connectivity index is 1.08. The lowest BCUT2D eigenvalue weighted by Gasteiger charge is -2.21. The van der Waals surface area contributed by atoms with E-state index in [9.17, 15) is 0 Å². The van der Waals surface area contributed by atoms with Gasteiger partial charge in [0.15, 0.2) is 0 Å². The van der Waals surface area contributed by atoms with Crippen molar-refractivity contribution < 1.29 is 0 Å². The topological polar surface area (TPSA) is 0 Å². The summed E-state index contributed by atoms with van der Waals surface area (Å²) in [5.74, 6) is 0. The molecule has 0 saturated heterocycles. The first-order valence-corrected chi connectivity index (χ1v) is 24.1. The molecule has 0 bridgehead atoms. The molecule has 0 atom stereocenters. The Morgan fingerprint density at radius 2 is 0.456 bits per heavy atom. The van der Waals surface area contributed by atoms with Gasteiger partial charge in [-0.1, -0.05) is 216 Å². The van der Waals surface area contributed by atoms with Gasteiger partial charge >= 0.3 is 0 Å². The van der Waals surface area contributed by atoms with Crippen molar-refractivity contribution in [2.24, 2.45) is 0 Å². The molecule has 15 rings (SSSR count). The molecule has 316 valence electrons. The molecule has 0 amide bonds. The molecule has 0 fully saturated rings. The highest BCUT2D eigenvalue weighted by Crippen LogP contribution is 2.63. The Bertz CT molecular complexity index is 4060. The maximum absolute atomic E-state index is 2.47. The zero-order valence-corrected chi connectivity index (χ0v) is 38.5. The van der Waals surface area contributed by atoms with E-state index < -0.39 is 0 Å². The molecule has 13 aromatic rings. The van der Waals surface area contributed by atoms with Gasteiger partial charge in [0.2, 0.25) is 0 Å². The van der Waals surface area contributed by atoms with Crippen molar-refractivity contribution in [1.82, 2.24) is 0 Å². The summed E-state index contributed by atoms with van der Waals surface area (Å²) in [5, 5.41) is 15.9. The molecular weight excluding hydrogens is 817 g/mol. The lowest BCUT2D eigenvalue weighted by atomic mass is 9.81. The number of rotatable bonds is 4. The first-order chi connectivity index (χ1) is 33.4. The van der Waals surface area contributed by atoms with Gasteiger partial charge in [-0.05, 0) is 181 Å². The number of aryl methyl sites for hydroxylation is 4. The summed E-state index contributed by atoms with van der Waals surface area (Å²) in [6, 6.07) is 74.3. The summed E-state index contributed by atoms with van der Waals surface area (Å²) in [4.78, 5) is 0. The highest BCUT2D eigenvalue weighted by atomic mass is 14.4. The monoisotopic (exact) mass is 860 g/mol. The molecule has 13 aromatic carbocycles. The zero-order chi connectivity index (χ0) is 45.1. The first-order valence-electron chi connectivity index (χ1n) is 24.1. The lowest BCUT2D eigenvalue weighted by molar-refractivity contribution is 1.38. The minimum absolute atomic E-state index is 1.25. The van der Waals surface area contributed by atoms with E-state index in [4.69, 9.17) is 0 Å². The number of fused-ring (bicyclic) bond motifs is 10. The summed E-state index contributed by atoms with van der Waals surface area (Å²) in [7, 11) is 0. The third-order valence-corrected chi connectivity index (χ3v) is 15.6. The van der Waals surface area contributed by atoms with E-state index in [1.54, 1.807) is 0 Å². The lowest BCUT2D eigenvalue weighted by Crippen LogP contribution is -1.95. The van der Waals surface area contributed by atoms with E-state index in [1.807, 2.05) is 0 Å². The fourth-order valence-electron chi connectivity index (χ4n) is 13.3. The fourth-order valence-corrected chi connectivity index (χ4v) is 13.3. The average molecular weight is 861 g/mol. The second-order valence-corrected chi connectivity index (χ2v) is 19.7. The predicted octanol–water partition coefficient (Wildman–Crippen LogP) is 19.2. The SMILES string of the molecule is Cc1cc(C)cc(-c2c3c(c(-c4cc(C)cc(C)c4)c4ccccc24)-c2ccc4c5ccc6c7c(ccc(c8ccc-3c2c84)c75)-c2c-6c(-c3ccccc3)c3ccccc3c2-c2ccccc2)c1. The van der Waals surface area contributed by atoms with Crippen LogP contribution >= 0.6 is 0 Å². The van der Waals surface area contributed by atoms with Crippen molar-refractivity contribution in [1.29, 1.82) is 0 Å². The van der Waals surface area contributed by atoms with Crippen LogP contribution in [-0.2, 0) is 0 Å². The molecule has 0 aliphatic heterocycles. The normalized spacial score (nSPS) is 12.4. The number of hydrogen-bond donors (Lipinski definition) is 0. The third kappa shape index (κ3) is 4.94. The Hall–Kier alpha value is -8.32. The summed E-state index contributed by atoms with van der Waals surface area (Å²) < 4.78 is 0. The number of benzene rings is 13. The number of hydrogen-bond acceptors (Lipinski definition) is 0. The van der Waals surface area contributed by atoms with Crippen LogP contribution in [0.15, 0.2) is 194 Å². The van der Waals surface area contributed by atoms with Crippen LogP contribution in [0.2, 0.25) is 0 Å². The van der Waals surface area contributed by atoms with Crippen molar-refractivity contribution in [3.05, 3.63) is 216 Å². The smallest absolute Gasteiger partial charge is 0.000740 e. The molecule has 0 aromatic heterocycles. The van der Waals surface area contributed by atoms with Gasteiger partial charge in [0.25, 0.3) is 0 Å². The zero-order valence-electron chi connectivity index (χ0n) is 38.5. The minimum Gasteiger partial charge on any atom is -0.0622 e. The Morgan fingerprint density at radius 3 is 0.750 bits per heavy atom. The fraction of sp³-hybridized carbons (Fsp3) is 0.0588. The van der Waals surface area contributed by atoms with Crippen LogP contribution < -0.4 is 0 Å². The maximum atomic E-state index is 2.47. The molecule has 0 nitrogen and oxygen atoms in total. The van der Waals surface area contributed by atoms with Crippen LogP contribution in [0.5, 0.6) is 0 Å².